The highest BCUT2D eigenvalue weighted by Gasteiger charge is 1.92. The SMILES string of the molecule is CC(=O)/C=C/CCSc1ccc(Br)cc1. The molecule has 0 saturated heterocycles. The highest BCUT2D eigenvalue weighted by Crippen LogP contribution is 2.21. The monoisotopic (exact) mass is 284 g/mol. The van der Waals surface area contributed by atoms with Crippen LogP contribution in [0.2, 0.25) is 0 Å². The highest BCUT2D eigenvalue weighted by atomic mass is 79.9. The number of carbonyl (C=O) groups is 1. The molecule has 0 saturated carbocycles. The molecular formula is C12H13BrOS. The highest BCUT2D eigenvalue weighted by molar-refractivity contribution is 9.10. The van der Waals surface area contributed by atoms with Crippen molar-refractivity contribution in [3.8, 4) is 0 Å². The van der Waals surface area contributed by atoms with E-state index in [0.717, 1.165) is 16.6 Å². The number of thioether (sulfide) groups is 1. The van der Waals surface area contributed by atoms with Crippen LogP contribution in [-0.2, 0) is 4.79 Å². The van der Waals surface area contributed by atoms with E-state index in [-0.39, 0.29) is 5.78 Å². The normalized spacial score (nSPS) is 10.8. The molecule has 0 aliphatic rings. The number of allylic oxidation sites excluding steroid dienone is 2. The van der Waals surface area contributed by atoms with Gasteiger partial charge in [-0.25, -0.2) is 0 Å². The number of hydrogen-bond donors (Lipinski definition) is 0. The van der Waals surface area contributed by atoms with E-state index in [1.165, 1.54) is 4.90 Å². The molecule has 0 heterocycles. The molecule has 3 heteroatoms. The van der Waals surface area contributed by atoms with Gasteiger partial charge >= 0.3 is 0 Å². The first-order valence-corrected chi connectivity index (χ1v) is 6.52. The summed E-state index contributed by atoms with van der Waals surface area (Å²) in [5.41, 5.74) is 0. The lowest BCUT2D eigenvalue weighted by Gasteiger charge is -1.98. The fourth-order valence-corrected chi connectivity index (χ4v) is 2.11. The van der Waals surface area contributed by atoms with Gasteiger partial charge in [0.05, 0.1) is 0 Å². The van der Waals surface area contributed by atoms with E-state index in [0.29, 0.717) is 0 Å². The third-order valence-electron chi connectivity index (χ3n) is 1.72. The molecule has 0 radical (unpaired) electrons. The van der Waals surface area contributed by atoms with Crippen molar-refractivity contribution in [3.63, 3.8) is 0 Å². The zero-order chi connectivity index (χ0) is 11.1. The lowest BCUT2D eigenvalue weighted by molar-refractivity contribution is -0.112. The lowest BCUT2D eigenvalue weighted by atomic mass is 10.3. The van der Waals surface area contributed by atoms with Crippen molar-refractivity contribution in [2.75, 3.05) is 5.75 Å². The quantitative estimate of drug-likeness (QED) is 0.461. The van der Waals surface area contributed by atoms with Crippen LogP contribution in [0.5, 0.6) is 0 Å². The Labute approximate surface area is 103 Å². The number of ketones is 1. The van der Waals surface area contributed by atoms with Gasteiger partial charge in [-0.2, -0.15) is 0 Å². The fourth-order valence-electron chi connectivity index (χ4n) is 1.02. The van der Waals surface area contributed by atoms with Gasteiger partial charge in [0.2, 0.25) is 0 Å². The third-order valence-corrected chi connectivity index (χ3v) is 3.29. The van der Waals surface area contributed by atoms with Gasteiger partial charge in [-0.05, 0) is 43.7 Å². The summed E-state index contributed by atoms with van der Waals surface area (Å²) in [6, 6.07) is 8.24. The van der Waals surface area contributed by atoms with Crippen LogP contribution < -0.4 is 0 Å². The second-order valence-electron chi connectivity index (χ2n) is 3.10. The Kier molecular flexibility index (Phi) is 5.73. The van der Waals surface area contributed by atoms with E-state index in [9.17, 15) is 4.79 Å². The van der Waals surface area contributed by atoms with E-state index in [4.69, 9.17) is 0 Å². The van der Waals surface area contributed by atoms with Crippen molar-refractivity contribution in [1.29, 1.82) is 0 Å². The number of hydrogen-bond acceptors (Lipinski definition) is 2. The van der Waals surface area contributed by atoms with Crippen LogP contribution in [0, 0.1) is 0 Å². The summed E-state index contributed by atoms with van der Waals surface area (Å²) in [7, 11) is 0. The molecule has 1 nitrogen and oxygen atoms in total. The summed E-state index contributed by atoms with van der Waals surface area (Å²) in [5, 5.41) is 0. The Balaban J connectivity index is 2.26. The average Bonchev–Trinajstić information content (AvgIpc) is 2.20. The predicted octanol–water partition coefficient (Wildman–Crippen LogP) is 4.08. The minimum absolute atomic E-state index is 0.114. The second-order valence-corrected chi connectivity index (χ2v) is 5.19. The molecule has 0 N–H and O–H groups in total. The van der Waals surface area contributed by atoms with E-state index >= 15 is 0 Å². The van der Waals surface area contributed by atoms with Gasteiger partial charge in [-0.15, -0.1) is 11.8 Å². The summed E-state index contributed by atoms with van der Waals surface area (Å²) >= 11 is 5.19. The molecule has 1 aromatic rings. The maximum absolute atomic E-state index is 10.6. The fraction of sp³-hybridized carbons (Fsp3) is 0.250. The minimum atomic E-state index is 0.114. The van der Waals surface area contributed by atoms with Crippen LogP contribution in [0.1, 0.15) is 13.3 Å². The second kappa shape index (κ2) is 6.85. The molecule has 0 aromatic heterocycles. The van der Waals surface area contributed by atoms with Crippen molar-refractivity contribution in [1.82, 2.24) is 0 Å². The first kappa shape index (κ1) is 12.5. The van der Waals surface area contributed by atoms with Crippen molar-refractivity contribution < 1.29 is 4.79 Å². The molecule has 1 rings (SSSR count). The van der Waals surface area contributed by atoms with E-state index < -0.39 is 0 Å². The Morgan fingerprint density at radius 2 is 2.07 bits per heavy atom. The van der Waals surface area contributed by atoms with E-state index in [2.05, 4.69) is 28.1 Å². The van der Waals surface area contributed by atoms with Crippen molar-refractivity contribution in [2.24, 2.45) is 0 Å². The van der Waals surface area contributed by atoms with Crippen LogP contribution >= 0.6 is 27.7 Å². The minimum Gasteiger partial charge on any atom is -0.295 e. The van der Waals surface area contributed by atoms with Crippen LogP contribution in [-0.4, -0.2) is 11.5 Å². The molecule has 0 fully saturated rings. The van der Waals surface area contributed by atoms with E-state index in [1.807, 2.05) is 18.2 Å². The molecule has 0 atom stereocenters. The Hall–Kier alpha value is -0.540. The largest absolute Gasteiger partial charge is 0.295 e. The van der Waals surface area contributed by atoms with Crippen LogP contribution in [0.4, 0.5) is 0 Å². The van der Waals surface area contributed by atoms with Crippen molar-refractivity contribution in [3.05, 3.63) is 40.9 Å². The van der Waals surface area contributed by atoms with Crippen LogP contribution in [0.15, 0.2) is 45.8 Å². The summed E-state index contributed by atoms with van der Waals surface area (Å²) in [6.45, 7) is 1.57. The molecular weight excluding hydrogens is 272 g/mol. The summed E-state index contributed by atoms with van der Waals surface area (Å²) in [5.74, 6) is 1.12. The maximum Gasteiger partial charge on any atom is 0.152 e. The zero-order valence-corrected chi connectivity index (χ0v) is 11.0. The smallest absolute Gasteiger partial charge is 0.152 e. The first-order valence-electron chi connectivity index (χ1n) is 4.74. The van der Waals surface area contributed by atoms with Gasteiger partial charge < -0.3 is 0 Å². The zero-order valence-electron chi connectivity index (χ0n) is 8.57. The third kappa shape index (κ3) is 5.80. The Bertz CT molecular complexity index is 343. The average molecular weight is 285 g/mol. The van der Waals surface area contributed by atoms with Gasteiger partial charge in [0, 0.05) is 15.1 Å². The molecule has 15 heavy (non-hydrogen) atoms. The molecule has 0 aliphatic carbocycles. The summed E-state index contributed by atoms with van der Waals surface area (Å²) in [4.78, 5) is 11.9. The molecule has 0 unspecified atom stereocenters. The Morgan fingerprint density at radius 1 is 1.40 bits per heavy atom. The van der Waals surface area contributed by atoms with Gasteiger partial charge in [0.1, 0.15) is 0 Å². The van der Waals surface area contributed by atoms with Gasteiger partial charge in [-0.1, -0.05) is 22.0 Å². The predicted molar refractivity (Wildman–Crippen MR) is 69.3 cm³/mol. The molecule has 0 bridgehead atoms. The van der Waals surface area contributed by atoms with E-state index in [1.54, 1.807) is 24.8 Å². The van der Waals surface area contributed by atoms with Crippen molar-refractivity contribution >= 4 is 33.5 Å². The van der Waals surface area contributed by atoms with Gasteiger partial charge in [-0.3, -0.25) is 4.79 Å². The molecule has 80 valence electrons. The molecule has 0 spiro atoms. The maximum atomic E-state index is 10.6. The van der Waals surface area contributed by atoms with Crippen LogP contribution in [0.25, 0.3) is 0 Å². The molecule has 1 aromatic carbocycles. The number of carbonyl (C=O) groups excluding carboxylic acids is 1. The van der Waals surface area contributed by atoms with Crippen molar-refractivity contribution in [2.45, 2.75) is 18.2 Å². The number of benzene rings is 1. The standard InChI is InChI=1S/C12H13BrOS/c1-10(14)4-2-3-9-15-12-7-5-11(13)6-8-12/h2,4-8H,3,9H2,1H3/b4-2+. The summed E-state index contributed by atoms with van der Waals surface area (Å²) in [6.07, 6.45) is 4.48. The number of halogens is 1. The van der Waals surface area contributed by atoms with Gasteiger partial charge in [0.15, 0.2) is 5.78 Å². The summed E-state index contributed by atoms with van der Waals surface area (Å²) < 4.78 is 1.10. The topological polar surface area (TPSA) is 17.1 Å². The lowest BCUT2D eigenvalue weighted by Crippen LogP contribution is -1.81. The van der Waals surface area contributed by atoms with Gasteiger partial charge in [0.25, 0.3) is 0 Å². The molecule has 0 amide bonds. The van der Waals surface area contributed by atoms with Crippen LogP contribution in [0.3, 0.4) is 0 Å². The first-order chi connectivity index (χ1) is 7.18. The molecule has 0 aliphatic heterocycles. The number of rotatable bonds is 5. The Morgan fingerprint density at radius 3 is 2.67 bits per heavy atom.